The van der Waals surface area contributed by atoms with Gasteiger partial charge in [0.15, 0.2) is 11.6 Å². The highest BCUT2D eigenvalue weighted by Gasteiger charge is 2.24. The first kappa shape index (κ1) is 13.0. The summed E-state index contributed by atoms with van der Waals surface area (Å²) in [6.45, 7) is 3.89. The molecule has 0 aliphatic carbocycles. The second-order valence-corrected chi connectivity index (χ2v) is 4.37. The quantitative estimate of drug-likeness (QED) is 0.835. The van der Waals surface area contributed by atoms with Crippen LogP contribution in [0.3, 0.4) is 0 Å². The van der Waals surface area contributed by atoms with Crippen molar-refractivity contribution in [2.75, 3.05) is 37.4 Å². The van der Waals surface area contributed by atoms with E-state index in [1.54, 1.807) is 13.2 Å². The summed E-state index contributed by atoms with van der Waals surface area (Å²) in [7, 11) is 1.70. The van der Waals surface area contributed by atoms with E-state index in [9.17, 15) is 4.39 Å². The zero-order chi connectivity index (χ0) is 13.1. The number of benzene rings is 1. The number of nitrogens with zero attached hydrogens (tertiary/aromatic N) is 1. The highest BCUT2D eigenvalue weighted by atomic mass is 19.1. The second-order valence-electron chi connectivity index (χ2n) is 4.37. The number of rotatable bonds is 4. The van der Waals surface area contributed by atoms with Crippen LogP contribution in [-0.2, 0) is 4.74 Å². The number of nitrogens with two attached hydrogens (primary N) is 1. The molecular weight excluding hydrogens is 235 g/mol. The van der Waals surface area contributed by atoms with Gasteiger partial charge in [-0.2, -0.15) is 0 Å². The molecule has 0 spiro atoms. The Balaban J connectivity index is 2.24. The summed E-state index contributed by atoms with van der Waals surface area (Å²) in [5.74, 6) is -0.164. The molecule has 1 aromatic carbocycles. The Hall–Kier alpha value is -1.49. The Kier molecular flexibility index (Phi) is 3.91. The molecule has 0 radical (unpaired) electrons. The molecule has 1 heterocycles. The predicted molar refractivity (Wildman–Crippen MR) is 69.6 cm³/mol. The summed E-state index contributed by atoms with van der Waals surface area (Å²) in [5, 5.41) is 0. The minimum absolute atomic E-state index is 0.213. The molecule has 1 fully saturated rings. The Bertz CT molecular complexity index is 426. The van der Waals surface area contributed by atoms with Gasteiger partial charge >= 0.3 is 0 Å². The van der Waals surface area contributed by atoms with Gasteiger partial charge in [-0.05, 0) is 13.3 Å². The number of halogens is 1. The third-order valence-corrected chi connectivity index (χ3v) is 3.20. The first-order chi connectivity index (χ1) is 8.65. The van der Waals surface area contributed by atoms with Crippen LogP contribution in [-0.4, -0.2) is 32.9 Å². The molecule has 18 heavy (non-hydrogen) atoms. The average molecular weight is 254 g/mol. The molecule has 1 aromatic rings. The first-order valence-electron chi connectivity index (χ1n) is 6.15. The second kappa shape index (κ2) is 5.44. The number of hydrogen-bond acceptors (Lipinski definition) is 4. The molecule has 4 nitrogen and oxygen atoms in total. The van der Waals surface area contributed by atoms with Crippen molar-refractivity contribution in [3.05, 3.63) is 17.9 Å². The number of ether oxygens (including phenoxy) is 2. The monoisotopic (exact) mass is 254 g/mol. The van der Waals surface area contributed by atoms with Crippen LogP contribution in [0.4, 0.5) is 15.8 Å². The Morgan fingerprint density at radius 1 is 1.50 bits per heavy atom. The summed E-state index contributed by atoms with van der Waals surface area (Å²) in [4.78, 5) is 2.10. The van der Waals surface area contributed by atoms with Crippen LogP contribution in [0.25, 0.3) is 0 Å². The Morgan fingerprint density at radius 2 is 2.28 bits per heavy atom. The van der Waals surface area contributed by atoms with Crippen molar-refractivity contribution < 1.29 is 13.9 Å². The third kappa shape index (κ3) is 2.51. The molecule has 2 N–H and O–H groups in total. The van der Waals surface area contributed by atoms with Crippen molar-refractivity contribution in [2.45, 2.75) is 19.4 Å². The van der Waals surface area contributed by atoms with Gasteiger partial charge in [0.2, 0.25) is 0 Å². The number of methoxy groups -OCH3 is 1. The minimum Gasteiger partial charge on any atom is -0.491 e. The van der Waals surface area contributed by atoms with Crippen molar-refractivity contribution in [1.29, 1.82) is 0 Å². The molecule has 1 aliphatic heterocycles. The van der Waals surface area contributed by atoms with Gasteiger partial charge in [0.25, 0.3) is 0 Å². The van der Waals surface area contributed by atoms with E-state index >= 15 is 0 Å². The molecule has 0 amide bonds. The van der Waals surface area contributed by atoms with Crippen molar-refractivity contribution in [3.63, 3.8) is 0 Å². The Morgan fingerprint density at radius 3 is 2.89 bits per heavy atom. The predicted octanol–water partition coefficient (Wildman–Crippen LogP) is 2.03. The van der Waals surface area contributed by atoms with Crippen molar-refractivity contribution in [2.24, 2.45) is 0 Å². The lowest BCUT2D eigenvalue weighted by Gasteiger charge is -2.21. The highest BCUT2D eigenvalue weighted by molar-refractivity contribution is 5.70. The molecular formula is C13H19FN2O2. The topological polar surface area (TPSA) is 47.7 Å². The molecule has 100 valence electrons. The van der Waals surface area contributed by atoms with Crippen molar-refractivity contribution in [1.82, 2.24) is 0 Å². The molecule has 2 rings (SSSR count). The maximum Gasteiger partial charge on any atom is 0.167 e. The van der Waals surface area contributed by atoms with E-state index in [-0.39, 0.29) is 11.9 Å². The third-order valence-electron chi connectivity index (χ3n) is 3.20. The van der Waals surface area contributed by atoms with Gasteiger partial charge in [0.05, 0.1) is 24.1 Å². The van der Waals surface area contributed by atoms with Crippen LogP contribution in [0.15, 0.2) is 12.1 Å². The van der Waals surface area contributed by atoms with Crippen LogP contribution < -0.4 is 15.4 Å². The van der Waals surface area contributed by atoms with E-state index in [1.807, 2.05) is 6.92 Å². The van der Waals surface area contributed by atoms with Crippen LogP contribution >= 0.6 is 0 Å². The van der Waals surface area contributed by atoms with Gasteiger partial charge in [-0.1, -0.05) is 0 Å². The zero-order valence-corrected chi connectivity index (χ0v) is 10.8. The van der Waals surface area contributed by atoms with E-state index < -0.39 is 5.82 Å². The molecule has 0 saturated carbocycles. The van der Waals surface area contributed by atoms with Crippen LogP contribution in [0.5, 0.6) is 5.75 Å². The van der Waals surface area contributed by atoms with E-state index in [1.165, 1.54) is 6.07 Å². The van der Waals surface area contributed by atoms with Gasteiger partial charge in [-0.3, -0.25) is 0 Å². The summed E-state index contributed by atoms with van der Waals surface area (Å²) in [6.07, 6.45) is 1.17. The smallest absolute Gasteiger partial charge is 0.167 e. The molecule has 1 unspecified atom stereocenters. The fourth-order valence-electron chi connectivity index (χ4n) is 2.24. The lowest BCUT2D eigenvalue weighted by atomic mass is 10.2. The van der Waals surface area contributed by atoms with Crippen molar-refractivity contribution >= 4 is 11.4 Å². The summed E-state index contributed by atoms with van der Waals surface area (Å²) < 4.78 is 24.2. The fraction of sp³-hybridized carbons (Fsp3) is 0.538. The van der Waals surface area contributed by atoms with E-state index in [2.05, 4.69) is 4.90 Å². The van der Waals surface area contributed by atoms with Crippen LogP contribution in [0.1, 0.15) is 13.3 Å². The standard InChI is InChI=1S/C13H19FN2O2/c1-3-18-13-7-12(11(15)6-10(13)14)16-5-4-9(8-16)17-2/h6-7,9H,3-5,8,15H2,1-2H3. The molecule has 5 heteroatoms. The molecule has 1 atom stereocenters. The molecule has 1 saturated heterocycles. The maximum atomic E-state index is 13.6. The number of nitrogen functional groups attached to an aromatic ring is 1. The lowest BCUT2D eigenvalue weighted by Crippen LogP contribution is -2.23. The fourth-order valence-corrected chi connectivity index (χ4v) is 2.24. The van der Waals surface area contributed by atoms with Gasteiger partial charge in [-0.25, -0.2) is 4.39 Å². The first-order valence-corrected chi connectivity index (χ1v) is 6.15. The largest absolute Gasteiger partial charge is 0.491 e. The zero-order valence-electron chi connectivity index (χ0n) is 10.8. The molecule has 1 aliphatic rings. The maximum absolute atomic E-state index is 13.6. The average Bonchev–Trinajstić information content (AvgIpc) is 2.81. The van der Waals surface area contributed by atoms with E-state index in [0.717, 1.165) is 25.2 Å². The van der Waals surface area contributed by atoms with Crippen LogP contribution in [0.2, 0.25) is 0 Å². The summed E-state index contributed by atoms with van der Waals surface area (Å²) in [6, 6.07) is 2.99. The van der Waals surface area contributed by atoms with Gasteiger partial charge in [-0.15, -0.1) is 0 Å². The number of hydrogen-bond donors (Lipinski definition) is 1. The van der Waals surface area contributed by atoms with Crippen LogP contribution in [0, 0.1) is 5.82 Å². The van der Waals surface area contributed by atoms with Gasteiger partial charge in [0, 0.05) is 32.3 Å². The molecule has 0 aromatic heterocycles. The highest BCUT2D eigenvalue weighted by Crippen LogP contribution is 2.33. The lowest BCUT2D eigenvalue weighted by molar-refractivity contribution is 0.121. The van der Waals surface area contributed by atoms with E-state index in [4.69, 9.17) is 15.2 Å². The van der Waals surface area contributed by atoms with Crippen molar-refractivity contribution in [3.8, 4) is 5.75 Å². The van der Waals surface area contributed by atoms with Gasteiger partial charge < -0.3 is 20.1 Å². The minimum atomic E-state index is -0.416. The van der Waals surface area contributed by atoms with Gasteiger partial charge in [0.1, 0.15) is 0 Å². The summed E-state index contributed by atoms with van der Waals surface area (Å²) in [5.41, 5.74) is 7.13. The van der Waals surface area contributed by atoms with E-state index in [0.29, 0.717) is 12.3 Å². The number of anilines is 2. The normalized spacial score (nSPS) is 19.3. The Labute approximate surface area is 106 Å². The SMILES string of the molecule is CCOc1cc(N2CCC(OC)C2)c(N)cc1F. The molecule has 0 bridgehead atoms. The summed E-state index contributed by atoms with van der Waals surface area (Å²) >= 11 is 0.